The van der Waals surface area contributed by atoms with Crippen molar-refractivity contribution in [3.63, 3.8) is 0 Å². The zero-order valence-corrected chi connectivity index (χ0v) is 20.2. The van der Waals surface area contributed by atoms with Gasteiger partial charge in [-0.3, -0.25) is 9.79 Å². The Labute approximate surface area is 194 Å². The van der Waals surface area contributed by atoms with Crippen molar-refractivity contribution in [1.82, 2.24) is 10.6 Å². The molecule has 0 spiro atoms. The van der Waals surface area contributed by atoms with Crippen molar-refractivity contribution >= 4 is 47.6 Å². The number of hydrogen-bond acceptors (Lipinski definition) is 4. The molecular formula is C21H29IN4O2S. The number of carbonyl (C=O) groups excluding carboxylic acids is 1. The topological polar surface area (TPSA) is 88.7 Å². The Kier molecular flexibility index (Phi) is 11.5. The maximum atomic E-state index is 10.7. The highest BCUT2D eigenvalue weighted by molar-refractivity contribution is 14.0. The van der Waals surface area contributed by atoms with E-state index in [-0.39, 0.29) is 30.6 Å². The lowest BCUT2D eigenvalue weighted by Gasteiger charge is -2.14. The fraction of sp³-hybridized carbons (Fsp3) is 0.333. The number of hydrogen-bond donors (Lipinski definition) is 3. The van der Waals surface area contributed by atoms with Gasteiger partial charge in [-0.05, 0) is 54.5 Å². The second-order valence-corrected chi connectivity index (χ2v) is 7.16. The van der Waals surface area contributed by atoms with Crippen LogP contribution in [0, 0.1) is 6.92 Å². The van der Waals surface area contributed by atoms with Crippen molar-refractivity contribution in [2.45, 2.75) is 24.8 Å². The van der Waals surface area contributed by atoms with Gasteiger partial charge >= 0.3 is 0 Å². The van der Waals surface area contributed by atoms with Crippen LogP contribution in [0.2, 0.25) is 0 Å². The number of nitrogens with two attached hydrogens (primary N) is 1. The lowest BCUT2D eigenvalue weighted by atomic mass is 10.1. The van der Waals surface area contributed by atoms with Crippen molar-refractivity contribution in [3.05, 3.63) is 59.2 Å². The number of halogens is 1. The number of aliphatic imine (C=N–C) groups is 1. The van der Waals surface area contributed by atoms with Gasteiger partial charge in [-0.2, -0.15) is 0 Å². The summed E-state index contributed by atoms with van der Waals surface area (Å²) in [5.74, 6) is 0.923. The fourth-order valence-corrected chi connectivity index (χ4v) is 3.34. The summed E-state index contributed by atoms with van der Waals surface area (Å²) in [4.78, 5) is 16.3. The van der Waals surface area contributed by atoms with Crippen molar-refractivity contribution < 1.29 is 9.53 Å². The van der Waals surface area contributed by atoms with E-state index in [4.69, 9.17) is 10.5 Å². The normalized spacial score (nSPS) is 10.8. The molecular weight excluding hydrogens is 499 g/mol. The van der Waals surface area contributed by atoms with Gasteiger partial charge in [0.15, 0.2) is 12.6 Å². The molecule has 0 aliphatic rings. The number of guanidine groups is 1. The minimum absolute atomic E-state index is 0. The van der Waals surface area contributed by atoms with Gasteiger partial charge in [-0.25, -0.2) is 0 Å². The van der Waals surface area contributed by atoms with E-state index in [9.17, 15) is 4.79 Å². The molecule has 8 heteroatoms. The molecule has 0 aromatic heterocycles. The average molecular weight is 528 g/mol. The second-order valence-electron chi connectivity index (χ2n) is 6.32. The highest BCUT2D eigenvalue weighted by atomic mass is 127. The molecule has 0 saturated heterocycles. The van der Waals surface area contributed by atoms with E-state index in [2.05, 4.69) is 47.0 Å². The van der Waals surface area contributed by atoms with Crippen molar-refractivity contribution in [3.8, 4) is 5.75 Å². The van der Waals surface area contributed by atoms with Gasteiger partial charge in [-0.1, -0.05) is 24.3 Å². The monoisotopic (exact) mass is 528 g/mol. The molecule has 0 bridgehead atoms. The van der Waals surface area contributed by atoms with E-state index in [0.29, 0.717) is 5.75 Å². The standard InChI is InChI=1S/C21H28N4O2S.HI/c1-15-4-7-17(19(12-15)28-3)13-25-21(23-2)24-11-10-16-5-8-18(9-6-16)27-14-20(22)26;/h4-9,12H,10-11,13-14H2,1-3H3,(H2,22,26)(H2,23,24,25);1H. The van der Waals surface area contributed by atoms with Crippen LogP contribution in [0.5, 0.6) is 5.75 Å². The highest BCUT2D eigenvalue weighted by Gasteiger charge is 2.04. The third-order valence-electron chi connectivity index (χ3n) is 4.12. The summed E-state index contributed by atoms with van der Waals surface area (Å²) in [5.41, 5.74) is 8.76. The molecule has 29 heavy (non-hydrogen) atoms. The molecule has 6 nitrogen and oxygen atoms in total. The third kappa shape index (κ3) is 8.95. The minimum atomic E-state index is -0.484. The molecule has 0 aliphatic heterocycles. The largest absolute Gasteiger partial charge is 0.484 e. The smallest absolute Gasteiger partial charge is 0.255 e. The molecule has 1 amide bonds. The van der Waals surface area contributed by atoms with Crippen LogP contribution in [0.15, 0.2) is 52.4 Å². The van der Waals surface area contributed by atoms with E-state index in [0.717, 1.165) is 31.0 Å². The van der Waals surface area contributed by atoms with Crippen LogP contribution in [0.1, 0.15) is 16.7 Å². The first-order valence-electron chi connectivity index (χ1n) is 9.10. The maximum absolute atomic E-state index is 10.7. The minimum Gasteiger partial charge on any atom is -0.484 e. The zero-order chi connectivity index (χ0) is 20.4. The number of nitrogens with zero attached hydrogens (tertiary/aromatic N) is 1. The summed E-state index contributed by atoms with van der Waals surface area (Å²) in [7, 11) is 1.77. The molecule has 0 atom stereocenters. The summed E-state index contributed by atoms with van der Waals surface area (Å²) in [6.45, 7) is 3.47. The summed E-state index contributed by atoms with van der Waals surface area (Å²) in [5, 5.41) is 6.70. The number of amides is 1. The lowest BCUT2D eigenvalue weighted by molar-refractivity contribution is -0.119. The molecule has 0 radical (unpaired) electrons. The molecule has 2 aromatic carbocycles. The first-order valence-corrected chi connectivity index (χ1v) is 10.3. The van der Waals surface area contributed by atoms with E-state index < -0.39 is 5.91 Å². The Morgan fingerprint density at radius 2 is 1.90 bits per heavy atom. The number of ether oxygens (including phenoxy) is 1. The summed E-state index contributed by atoms with van der Waals surface area (Å²) in [6, 6.07) is 14.1. The van der Waals surface area contributed by atoms with Crippen molar-refractivity contribution in [1.29, 1.82) is 0 Å². The predicted octanol–water partition coefficient (Wildman–Crippen LogP) is 3.11. The SMILES string of the molecule is CN=C(NCCc1ccc(OCC(N)=O)cc1)NCc1ccc(C)cc1SC.I. The number of thioether (sulfide) groups is 1. The van der Waals surface area contributed by atoms with E-state index >= 15 is 0 Å². The quantitative estimate of drug-likeness (QED) is 0.202. The van der Waals surface area contributed by atoms with Gasteiger partial charge < -0.3 is 21.1 Å². The second kappa shape index (κ2) is 13.3. The first kappa shape index (κ1) is 25.1. The number of primary amides is 1. The Morgan fingerprint density at radius 3 is 2.52 bits per heavy atom. The number of nitrogens with one attached hydrogen (secondary N) is 2. The van der Waals surface area contributed by atoms with Crippen LogP contribution in [0.25, 0.3) is 0 Å². The molecule has 4 N–H and O–H groups in total. The molecule has 2 aromatic rings. The van der Waals surface area contributed by atoms with E-state index in [1.807, 2.05) is 24.3 Å². The van der Waals surface area contributed by atoms with Crippen LogP contribution in [0.4, 0.5) is 0 Å². The third-order valence-corrected chi connectivity index (χ3v) is 4.94. The van der Waals surface area contributed by atoms with Crippen molar-refractivity contribution in [2.75, 3.05) is 26.5 Å². The van der Waals surface area contributed by atoms with Crippen LogP contribution in [0.3, 0.4) is 0 Å². The van der Waals surface area contributed by atoms with Gasteiger partial charge in [-0.15, -0.1) is 35.7 Å². The summed E-state index contributed by atoms with van der Waals surface area (Å²) >= 11 is 1.75. The molecule has 0 unspecified atom stereocenters. The van der Waals surface area contributed by atoms with Crippen molar-refractivity contribution in [2.24, 2.45) is 10.7 Å². The highest BCUT2D eigenvalue weighted by Crippen LogP contribution is 2.21. The first-order chi connectivity index (χ1) is 13.5. The molecule has 0 saturated carbocycles. The number of rotatable bonds is 9. The Hall–Kier alpha value is -1.94. The van der Waals surface area contributed by atoms with Crippen LogP contribution >= 0.6 is 35.7 Å². The maximum Gasteiger partial charge on any atom is 0.255 e. The zero-order valence-electron chi connectivity index (χ0n) is 17.0. The fourth-order valence-electron chi connectivity index (χ4n) is 2.63. The average Bonchev–Trinajstić information content (AvgIpc) is 2.70. The lowest BCUT2D eigenvalue weighted by Crippen LogP contribution is -2.37. The molecule has 0 fully saturated rings. The Balaban J connectivity index is 0.00000420. The molecule has 2 rings (SSSR count). The number of benzene rings is 2. The van der Waals surface area contributed by atoms with Gasteiger partial charge in [0.1, 0.15) is 5.75 Å². The van der Waals surface area contributed by atoms with Gasteiger partial charge in [0.05, 0.1) is 0 Å². The Bertz CT molecular complexity index is 813. The summed E-state index contributed by atoms with van der Waals surface area (Å²) in [6.07, 6.45) is 2.94. The summed E-state index contributed by atoms with van der Waals surface area (Å²) < 4.78 is 5.26. The van der Waals surface area contributed by atoms with Gasteiger partial charge in [0.2, 0.25) is 0 Å². The van der Waals surface area contributed by atoms with Crippen LogP contribution < -0.4 is 21.1 Å². The van der Waals surface area contributed by atoms with Crippen LogP contribution in [-0.4, -0.2) is 38.3 Å². The predicted molar refractivity (Wildman–Crippen MR) is 131 cm³/mol. The number of aryl methyl sites for hydroxylation is 1. The molecule has 0 heterocycles. The van der Waals surface area contributed by atoms with Gasteiger partial charge in [0, 0.05) is 25.0 Å². The Morgan fingerprint density at radius 1 is 1.17 bits per heavy atom. The van der Waals surface area contributed by atoms with E-state index in [1.165, 1.54) is 16.0 Å². The van der Waals surface area contributed by atoms with Gasteiger partial charge in [0.25, 0.3) is 5.91 Å². The molecule has 158 valence electrons. The molecule has 0 aliphatic carbocycles. The number of carbonyl (C=O) groups is 1. The van der Waals surface area contributed by atoms with Crippen LogP contribution in [-0.2, 0) is 17.8 Å². The van der Waals surface area contributed by atoms with E-state index in [1.54, 1.807) is 18.8 Å².